The van der Waals surface area contributed by atoms with Gasteiger partial charge in [-0.05, 0) is 47.1 Å². The second-order valence-corrected chi connectivity index (χ2v) is 8.16. The van der Waals surface area contributed by atoms with Crippen LogP contribution in [0, 0.1) is 5.92 Å². The summed E-state index contributed by atoms with van der Waals surface area (Å²) in [6, 6.07) is 7.79. The third kappa shape index (κ3) is 3.09. The van der Waals surface area contributed by atoms with Gasteiger partial charge in [-0.15, -0.1) is 0 Å². The van der Waals surface area contributed by atoms with E-state index in [9.17, 15) is 9.18 Å². The van der Waals surface area contributed by atoms with E-state index in [1.54, 1.807) is 6.20 Å². The zero-order valence-electron chi connectivity index (χ0n) is 15.0. The Morgan fingerprint density at radius 3 is 2.96 bits per heavy atom. The molecule has 2 aliphatic heterocycles. The van der Waals surface area contributed by atoms with Gasteiger partial charge in [0.1, 0.15) is 6.17 Å². The third-order valence-electron chi connectivity index (χ3n) is 5.51. The lowest BCUT2D eigenvalue weighted by Crippen LogP contribution is -2.66. The molecule has 4 rings (SSSR count). The Morgan fingerprint density at radius 1 is 1.44 bits per heavy atom. The number of carbonyl (C=O) groups is 1. The normalized spacial score (nSPS) is 31.4. The second kappa shape index (κ2) is 7.00. The first kappa shape index (κ1) is 18.6. The molecule has 3 N–H and O–H groups in total. The molecular formula is C19H22BrFN4O2. The number of nitrogens with one attached hydrogen (secondary N) is 1. The molecule has 1 amide bonds. The molecular weight excluding hydrogens is 415 g/mol. The lowest BCUT2D eigenvalue weighted by Gasteiger charge is -2.47. The second-order valence-electron chi connectivity index (χ2n) is 7.31. The fourth-order valence-electron chi connectivity index (χ4n) is 4.30. The maximum absolute atomic E-state index is 14.6. The monoisotopic (exact) mass is 436 g/mol. The molecule has 0 aliphatic carbocycles. The number of hydrogen-bond donors (Lipinski definition) is 2. The number of fused-ring (bicyclic) bond motifs is 1. The molecule has 0 spiro atoms. The molecule has 0 bridgehead atoms. The molecule has 1 aromatic carbocycles. The molecule has 27 heavy (non-hydrogen) atoms. The predicted molar refractivity (Wildman–Crippen MR) is 105 cm³/mol. The average molecular weight is 437 g/mol. The fourth-order valence-corrected chi connectivity index (χ4v) is 4.75. The Morgan fingerprint density at radius 2 is 2.26 bits per heavy atom. The number of pyridine rings is 1. The van der Waals surface area contributed by atoms with E-state index in [4.69, 9.17) is 10.5 Å². The maximum atomic E-state index is 14.6. The number of nitrogens with zero attached hydrogens (tertiary/aromatic N) is 2. The summed E-state index contributed by atoms with van der Waals surface area (Å²) in [4.78, 5) is 19.0. The average Bonchev–Trinajstić information content (AvgIpc) is 3.08. The Hall–Kier alpha value is -1.77. The summed E-state index contributed by atoms with van der Waals surface area (Å²) >= 11 is 3.54. The summed E-state index contributed by atoms with van der Waals surface area (Å²) in [5.41, 5.74) is 6.18. The van der Waals surface area contributed by atoms with Crippen molar-refractivity contribution in [2.45, 2.75) is 24.8 Å². The first-order valence-electron chi connectivity index (χ1n) is 9.03. The molecule has 6 nitrogen and oxygen atoms in total. The molecule has 1 aromatic heterocycles. The molecule has 2 saturated heterocycles. The topological polar surface area (TPSA) is 80.5 Å². The number of amides is 1. The van der Waals surface area contributed by atoms with Crippen LogP contribution in [0.1, 0.15) is 6.92 Å². The molecule has 144 valence electrons. The van der Waals surface area contributed by atoms with Crippen LogP contribution in [0.5, 0.6) is 0 Å². The lowest BCUT2D eigenvalue weighted by molar-refractivity contribution is -0.168. The smallest absolute Gasteiger partial charge is 0.252 e. The van der Waals surface area contributed by atoms with E-state index < -0.39 is 23.6 Å². The van der Waals surface area contributed by atoms with Crippen LogP contribution in [0.15, 0.2) is 34.9 Å². The largest absolute Gasteiger partial charge is 0.367 e. The highest BCUT2D eigenvalue weighted by Gasteiger charge is 2.55. The SMILES string of the molecule is C[C@@H]1CN(c2ccc(Br)c3ncccc23)C[C@@](C(N)=O)([C@H]2CNC[C@@H]2F)O1. The summed E-state index contributed by atoms with van der Waals surface area (Å²) in [7, 11) is 0. The van der Waals surface area contributed by atoms with Crippen molar-refractivity contribution in [1.82, 2.24) is 10.3 Å². The van der Waals surface area contributed by atoms with Gasteiger partial charge in [-0.2, -0.15) is 0 Å². The number of rotatable bonds is 3. The van der Waals surface area contributed by atoms with Crippen LogP contribution in [0.4, 0.5) is 10.1 Å². The van der Waals surface area contributed by atoms with Crippen molar-refractivity contribution in [3.8, 4) is 0 Å². The van der Waals surface area contributed by atoms with Gasteiger partial charge in [0.2, 0.25) is 0 Å². The van der Waals surface area contributed by atoms with Gasteiger partial charge in [-0.1, -0.05) is 0 Å². The summed E-state index contributed by atoms with van der Waals surface area (Å²) in [6.07, 6.45) is 0.298. The van der Waals surface area contributed by atoms with Crippen LogP contribution in [0.2, 0.25) is 0 Å². The van der Waals surface area contributed by atoms with E-state index >= 15 is 0 Å². The quantitative estimate of drug-likeness (QED) is 0.768. The van der Waals surface area contributed by atoms with E-state index in [0.717, 1.165) is 21.1 Å². The Bertz CT molecular complexity index is 882. The fraction of sp³-hybridized carbons (Fsp3) is 0.474. The number of nitrogens with two attached hydrogens (primary N) is 1. The number of morpholine rings is 1. The number of benzene rings is 1. The Kier molecular flexibility index (Phi) is 4.82. The van der Waals surface area contributed by atoms with E-state index in [-0.39, 0.29) is 19.2 Å². The summed E-state index contributed by atoms with van der Waals surface area (Å²) in [5.74, 6) is -1.23. The van der Waals surface area contributed by atoms with E-state index in [0.29, 0.717) is 13.1 Å². The minimum absolute atomic E-state index is 0.211. The molecule has 8 heteroatoms. The number of aromatic nitrogens is 1. The molecule has 2 aliphatic rings. The van der Waals surface area contributed by atoms with Gasteiger partial charge in [-0.25, -0.2) is 4.39 Å². The van der Waals surface area contributed by atoms with Gasteiger partial charge >= 0.3 is 0 Å². The Balaban J connectivity index is 1.79. The van der Waals surface area contributed by atoms with Crippen molar-refractivity contribution in [3.63, 3.8) is 0 Å². The van der Waals surface area contributed by atoms with Crippen LogP contribution in [0.3, 0.4) is 0 Å². The van der Waals surface area contributed by atoms with Crippen molar-refractivity contribution in [3.05, 3.63) is 34.9 Å². The first-order valence-corrected chi connectivity index (χ1v) is 9.82. The molecule has 3 heterocycles. The van der Waals surface area contributed by atoms with Gasteiger partial charge in [0.25, 0.3) is 5.91 Å². The van der Waals surface area contributed by atoms with Crippen molar-refractivity contribution in [2.24, 2.45) is 11.7 Å². The van der Waals surface area contributed by atoms with Crippen LogP contribution in [-0.4, -0.2) is 54.9 Å². The van der Waals surface area contributed by atoms with Crippen molar-refractivity contribution in [2.75, 3.05) is 31.1 Å². The number of halogens is 2. The zero-order valence-corrected chi connectivity index (χ0v) is 16.6. The third-order valence-corrected chi connectivity index (χ3v) is 6.15. The molecule has 4 atom stereocenters. The number of ether oxygens (including phenoxy) is 1. The molecule has 0 saturated carbocycles. The minimum Gasteiger partial charge on any atom is -0.367 e. The van der Waals surface area contributed by atoms with Crippen LogP contribution >= 0.6 is 15.9 Å². The van der Waals surface area contributed by atoms with Crippen molar-refractivity contribution >= 4 is 38.4 Å². The van der Waals surface area contributed by atoms with Crippen molar-refractivity contribution < 1.29 is 13.9 Å². The molecule has 0 unspecified atom stereocenters. The van der Waals surface area contributed by atoms with Crippen LogP contribution in [0.25, 0.3) is 10.9 Å². The maximum Gasteiger partial charge on any atom is 0.252 e. The zero-order chi connectivity index (χ0) is 19.2. The summed E-state index contributed by atoms with van der Waals surface area (Å²) in [6.45, 7) is 3.26. The first-order chi connectivity index (χ1) is 12.9. The van der Waals surface area contributed by atoms with Gasteiger partial charge in [0.15, 0.2) is 5.60 Å². The highest BCUT2D eigenvalue weighted by Crippen LogP contribution is 2.38. The number of primary amides is 1. The van der Waals surface area contributed by atoms with Gasteiger partial charge in [-0.3, -0.25) is 9.78 Å². The number of carbonyl (C=O) groups excluding carboxylic acids is 1. The highest BCUT2D eigenvalue weighted by molar-refractivity contribution is 9.10. The predicted octanol–water partition coefficient (Wildman–Crippen LogP) is 2.00. The van der Waals surface area contributed by atoms with Gasteiger partial charge < -0.3 is 20.7 Å². The molecule has 2 aromatic rings. The standard InChI is InChI=1S/C19H22BrFN4O2/c1-11-9-25(16-5-4-14(20)17-12(16)3-2-6-24-17)10-19(27-11,18(22)26)13-7-23-8-15(13)21/h2-6,11,13,15,23H,7-10H2,1H3,(H2,22,26)/t11-,13+,15+,19+/m1/s1. The lowest BCUT2D eigenvalue weighted by atomic mass is 9.82. The molecule has 0 radical (unpaired) electrons. The highest BCUT2D eigenvalue weighted by atomic mass is 79.9. The summed E-state index contributed by atoms with van der Waals surface area (Å²) in [5, 5.41) is 3.97. The van der Waals surface area contributed by atoms with E-state index in [1.807, 2.05) is 31.2 Å². The minimum atomic E-state index is -1.37. The van der Waals surface area contributed by atoms with E-state index in [1.165, 1.54) is 0 Å². The van der Waals surface area contributed by atoms with Crippen LogP contribution in [-0.2, 0) is 9.53 Å². The molecule has 2 fully saturated rings. The Labute approximate surface area is 165 Å². The van der Waals surface area contributed by atoms with Gasteiger partial charge in [0, 0.05) is 47.3 Å². The van der Waals surface area contributed by atoms with Crippen LogP contribution < -0.4 is 16.0 Å². The number of alkyl halides is 1. The summed E-state index contributed by atoms with van der Waals surface area (Å²) < 4.78 is 21.5. The van der Waals surface area contributed by atoms with Crippen molar-refractivity contribution in [1.29, 1.82) is 0 Å². The van der Waals surface area contributed by atoms with E-state index in [2.05, 4.69) is 31.1 Å². The number of hydrogen-bond acceptors (Lipinski definition) is 5. The number of anilines is 1. The van der Waals surface area contributed by atoms with Gasteiger partial charge in [0.05, 0.1) is 18.2 Å².